The maximum atomic E-state index is 13.3. The van der Waals surface area contributed by atoms with Gasteiger partial charge in [-0.25, -0.2) is 13.4 Å². The van der Waals surface area contributed by atoms with E-state index in [4.69, 9.17) is 16.3 Å². The Morgan fingerprint density at radius 1 is 1.09 bits per heavy atom. The SMILES string of the molecule is CCN(CC)CCN(C(=O)CS(=O)(=O)c1ccc(Cl)cc1)c1nc2c(OC)cccc2s1. The number of carbonyl (C=O) groups excluding carboxylic acids is 1. The molecule has 0 saturated heterocycles. The number of aromatic nitrogens is 1. The second kappa shape index (κ2) is 10.6. The molecule has 0 saturated carbocycles. The van der Waals surface area contributed by atoms with Gasteiger partial charge in [0.1, 0.15) is 17.0 Å². The second-order valence-electron chi connectivity index (χ2n) is 7.09. The molecular formula is C22H26ClN3O4S2. The zero-order valence-electron chi connectivity index (χ0n) is 18.2. The Morgan fingerprint density at radius 3 is 2.41 bits per heavy atom. The van der Waals surface area contributed by atoms with E-state index in [1.54, 1.807) is 13.2 Å². The number of thiazole rings is 1. The largest absolute Gasteiger partial charge is 0.494 e. The summed E-state index contributed by atoms with van der Waals surface area (Å²) in [4.78, 5) is 21.6. The Morgan fingerprint density at radius 2 is 1.78 bits per heavy atom. The second-order valence-corrected chi connectivity index (χ2v) is 10.5. The molecule has 1 heterocycles. The zero-order chi connectivity index (χ0) is 23.3. The van der Waals surface area contributed by atoms with E-state index in [-0.39, 0.29) is 4.90 Å². The summed E-state index contributed by atoms with van der Waals surface area (Å²) in [5, 5.41) is 0.882. The minimum Gasteiger partial charge on any atom is -0.494 e. The molecule has 3 rings (SSSR count). The number of nitrogens with zero attached hydrogens (tertiary/aromatic N) is 3. The number of rotatable bonds is 10. The van der Waals surface area contributed by atoms with Gasteiger partial charge in [0.05, 0.1) is 16.7 Å². The van der Waals surface area contributed by atoms with Crippen molar-refractivity contribution in [1.82, 2.24) is 9.88 Å². The lowest BCUT2D eigenvalue weighted by molar-refractivity contribution is -0.116. The molecule has 0 unspecified atom stereocenters. The van der Waals surface area contributed by atoms with Crippen LogP contribution in [-0.4, -0.2) is 63.3 Å². The Labute approximate surface area is 197 Å². The number of hydrogen-bond donors (Lipinski definition) is 0. The predicted octanol–water partition coefficient (Wildman–Crippen LogP) is 4.11. The summed E-state index contributed by atoms with van der Waals surface area (Å²) in [6.07, 6.45) is 0. The number of halogens is 1. The van der Waals surface area contributed by atoms with Crippen LogP contribution in [-0.2, 0) is 14.6 Å². The predicted molar refractivity (Wildman–Crippen MR) is 130 cm³/mol. The average Bonchev–Trinajstić information content (AvgIpc) is 3.20. The van der Waals surface area contributed by atoms with Crippen molar-refractivity contribution in [3.63, 3.8) is 0 Å². The van der Waals surface area contributed by atoms with Crippen molar-refractivity contribution in [2.24, 2.45) is 0 Å². The number of carbonyl (C=O) groups is 1. The van der Waals surface area contributed by atoms with E-state index in [2.05, 4.69) is 9.88 Å². The molecule has 3 aromatic rings. The lowest BCUT2D eigenvalue weighted by Crippen LogP contribution is -2.41. The van der Waals surface area contributed by atoms with Gasteiger partial charge in [0.15, 0.2) is 15.0 Å². The minimum atomic E-state index is -3.83. The molecule has 2 aromatic carbocycles. The number of methoxy groups -OCH3 is 1. The summed E-state index contributed by atoms with van der Waals surface area (Å²) in [6, 6.07) is 11.4. The zero-order valence-corrected chi connectivity index (χ0v) is 20.6. The maximum Gasteiger partial charge on any atom is 0.244 e. The summed E-state index contributed by atoms with van der Waals surface area (Å²) in [6.45, 7) is 6.68. The van der Waals surface area contributed by atoms with Gasteiger partial charge >= 0.3 is 0 Å². The smallest absolute Gasteiger partial charge is 0.244 e. The fourth-order valence-electron chi connectivity index (χ4n) is 3.27. The molecule has 172 valence electrons. The number of benzene rings is 2. The lowest BCUT2D eigenvalue weighted by Gasteiger charge is -2.24. The summed E-state index contributed by atoms with van der Waals surface area (Å²) in [7, 11) is -2.27. The van der Waals surface area contributed by atoms with Crippen molar-refractivity contribution in [2.75, 3.05) is 43.9 Å². The lowest BCUT2D eigenvalue weighted by atomic mass is 10.3. The molecular weight excluding hydrogens is 470 g/mol. The molecule has 0 atom stereocenters. The first-order valence-electron chi connectivity index (χ1n) is 10.2. The molecule has 7 nitrogen and oxygen atoms in total. The Bertz CT molecular complexity index is 1180. The van der Waals surface area contributed by atoms with Crippen LogP contribution in [0.5, 0.6) is 5.75 Å². The van der Waals surface area contributed by atoms with Crippen molar-refractivity contribution in [2.45, 2.75) is 18.7 Å². The van der Waals surface area contributed by atoms with Crippen LogP contribution in [0, 0.1) is 0 Å². The van der Waals surface area contributed by atoms with Crippen LogP contribution in [0.1, 0.15) is 13.8 Å². The normalized spacial score (nSPS) is 11.8. The van der Waals surface area contributed by atoms with E-state index >= 15 is 0 Å². The van der Waals surface area contributed by atoms with E-state index in [0.29, 0.717) is 34.5 Å². The van der Waals surface area contributed by atoms with Gasteiger partial charge in [0, 0.05) is 18.1 Å². The highest BCUT2D eigenvalue weighted by Crippen LogP contribution is 2.34. The molecule has 32 heavy (non-hydrogen) atoms. The Kier molecular flexibility index (Phi) is 8.10. The molecule has 0 aliphatic carbocycles. The van der Waals surface area contributed by atoms with Crippen molar-refractivity contribution in [3.8, 4) is 5.75 Å². The standard InChI is InChI=1S/C22H26ClN3O4S2/c1-4-25(5-2)13-14-26(22-24-21-18(30-3)7-6-8-19(21)31-22)20(27)15-32(28,29)17-11-9-16(23)10-12-17/h6-12H,4-5,13-15H2,1-3H3. The molecule has 1 amide bonds. The number of ether oxygens (including phenoxy) is 1. The molecule has 10 heteroatoms. The summed E-state index contributed by atoms with van der Waals surface area (Å²) >= 11 is 7.20. The number of anilines is 1. The van der Waals surface area contributed by atoms with E-state index in [0.717, 1.165) is 17.8 Å². The molecule has 0 bridgehead atoms. The third-order valence-electron chi connectivity index (χ3n) is 5.14. The maximum absolute atomic E-state index is 13.3. The molecule has 0 fully saturated rings. The molecule has 0 aliphatic heterocycles. The van der Waals surface area contributed by atoms with E-state index in [1.807, 2.05) is 26.0 Å². The number of fused-ring (bicyclic) bond motifs is 1. The Hall–Kier alpha value is -2.20. The summed E-state index contributed by atoms with van der Waals surface area (Å²) in [5.41, 5.74) is 0.649. The minimum absolute atomic E-state index is 0.0601. The third-order valence-corrected chi connectivity index (χ3v) is 8.06. The number of likely N-dealkylation sites (N-methyl/N-ethyl adjacent to an activating group) is 1. The molecule has 0 radical (unpaired) electrons. The van der Waals surface area contributed by atoms with E-state index < -0.39 is 21.5 Å². The molecule has 0 aliphatic rings. The van der Waals surface area contributed by atoms with Crippen LogP contribution in [0.15, 0.2) is 47.4 Å². The first kappa shape index (κ1) is 24.4. The fourth-order valence-corrected chi connectivity index (χ4v) is 5.62. The summed E-state index contributed by atoms with van der Waals surface area (Å²) in [5.74, 6) is -0.569. The first-order valence-corrected chi connectivity index (χ1v) is 13.1. The van der Waals surface area contributed by atoms with Crippen molar-refractivity contribution in [3.05, 3.63) is 47.5 Å². The van der Waals surface area contributed by atoms with Gasteiger partial charge in [-0.05, 0) is 49.5 Å². The van der Waals surface area contributed by atoms with Gasteiger partial charge in [-0.1, -0.05) is 42.9 Å². The number of sulfone groups is 1. The highest BCUT2D eigenvalue weighted by Gasteiger charge is 2.27. The molecule has 0 N–H and O–H groups in total. The van der Waals surface area contributed by atoms with Crippen LogP contribution in [0.4, 0.5) is 5.13 Å². The number of para-hydroxylation sites is 1. The van der Waals surface area contributed by atoms with Crippen molar-refractivity contribution in [1.29, 1.82) is 0 Å². The Balaban J connectivity index is 1.93. The van der Waals surface area contributed by atoms with Crippen LogP contribution in [0.3, 0.4) is 0 Å². The monoisotopic (exact) mass is 495 g/mol. The average molecular weight is 496 g/mol. The van der Waals surface area contributed by atoms with Gasteiger partial charge in [-0.15, -0.1) is 0 Å². The van der Waals surface area contributed by atoms with Gasteiger partial charge in [0.25, 0.3) is 0 Å². The number of hydrogen-bond acceptors (Lipinski definition) is 7. The van der Waals surface area contributed by atoms with Crippen LogP contribution in [0.25, 0.3) is 10.2 Å². The first-order chi connectivity index (χ1) is 15.3. The van der Waals surface area contributed by atoms with E-state index in [9.17, 15) is 13.2 Å². The highest BCUT2D eigenvalue weighted by molar-refractivity contribution is 7.92. The van der Waals surface area contributed by atoms with Gasteiger partial charge in [-0.3, -0.25) is 9.69 Å². The fraction of sp³-hybridized carbons (Fsp3) is 0.364. The van der Waals surface area contributed by atoms with E-state index in [1.165, 1.54) is 40.5 Å². The van der Waals surface area contributed by atoms with Gasteiger partial charge in [-0.2, -0.15) is 0 Å². The van der Waals surface area contributed by atoms with Gasteiger partial charge < -0.3 is 9.64 Å². The quantitative estimate of drug-likeness (QED) is 0.421. The topological polar surface area (TPSA) is 79.8 Å². The molecule has 0 spiro atoms. The van der Waals surface area contributed by atoms with Crippen LogP contribution >= 0.6 is 22.9 Å². The highest BCUT2D eigenvalue weighted by atomic mass is 35.5. The van der Waals surface area contributed by atoms with Crippen molar-refractivity contribution >= 4 is 54.0 Å². The van der Waals surface area contributed by atoms with Crippen molar-refractivity contribution < 1.29 is 17.9 Å². The summed E-state index contributed by atoms with van der Waals surface area (Å²) < 4.78 is 32.0. The molecule has 1 aromatic heterocycles. The number of amides is 1. The third kappa shape index (κ3) is 5.58. The van der Waals surface area contributed by atoms with Gasteiger partial charge in [0.2, 0.25) is 5.91 Å². The van der Waals surface area contributed by atoms with Crippen LogP contribution < -0.4 is 9.64 Å². The van der Waals surface area contributed by atoms with Crippen LogP contribution in [0.2, 0.25) is 5.02 Å².